The fourth-order valence-corrected chi connectivity index (χ4v) is 1.10. The van der Waals surface area contributed by atoms with Crippen molar-refractivity contribution in [3.8, 4) is 0 Å². The first-order valence-electron chi connectivity index (χ1n) is 3.39. The molecule has 0 aromatic carbocycles. The van der Waals surface area contributed by atoms with Crippen LogP contribution in [0, 0.1) is 5.53 Å². The maximum Gasteiger partial charge on any atom is 0.407 e. The van der Waals surface area contributed by atoms with E-state index in [1.807, 2.05) is 0 Å². The fourth-order valence-electron chi connectivity index (χ4n) is 1.10. The van der Waals surface area contributed by atoms with Crippen molar-refractivity contribution in [3.05, 3.63) is 0 Å². The number of nitrogens with zero attached hydrogens (tertiary/aromatic N) is 3. The number of alkyl halides is 2. The first-order chi connectivity index (χ1) is 5.97. The maximum absolute atomic E-state index is 12.9. The van der Waals surface area contributed by atoms with Crippen LogP contribution in [-0.2, 0) is 0 Å². The zero-order valence-electron chi connectivity index (χ0n) is 6.44. The molecule has 1 fully saturated rings. The van der Waals surface area contributed by atoms with Crippen molar-refractivity contribution >= 4 is 6.09 Å². The van der Waals surface area contributed by atoms with Crippen molar-refractivity contribution in [2.24, 2.45) is 5.11 Å². The molecule has 1 saturated heterocycles. The number of likely N-dealkylation sites (tertiary alicyclic amines) is 1. The highest BCUT2D eigenvalue weighted by Crippen LogP contribution is 2.29. The second-order valence-corrected chi connectivity index (χ2v) is 2.66. The monoisotopic (exact) mass is 193 g/mol. The Kier molecular flexibility index (Phi) is 2.24. The van der Waals surface area contributed by atoms with Crippen LogP contribution in [0.25, 0.3) is 0 Å². The topological polar surface area (TPSA) is 90.9 Å². The first kappa shape index (κ1) is 9.53. The van der Waals surface area contributed by atoms with Crippen LogP contribution in [0.2, 0.25) is 0 Å². The largest absolute Gasteiger partial charge is 0.465 e. The third-order valence-corrected chi connectivity index (χ3v) is 1.75. The van der Waals surface area contributed by atoms with Crippen LogP contribution in [0.1, 0.15) is 0 Å². The van der Waals surface area contributed by atoms with Gasteiger partial charge in [-0.3, -0.25) is 4.90 Å². The Morgan fingerprint density at radius 2 is 2.38 bits per heavy atom. The SMILES string of the molecule is N=[N+]=NC1CN(C(=O)O)CC1(F)F. The molecule has 1 heterocycles. The van der Waals surface area contributed by atoms with Gasteiger partial charge in [-0.05, 0) is 0 Å². The van der Waals surface area contributed by atoms with Crippen LogP contribution in [0.4, 0.5) is 13.6 Å². The zero-order chi connectivity index (χ0) is 10.1. The molecule has 1 aliphatic rings. The Hall–Kier alpha value is -1.56. The average Bonchev–Trinajstić information content (AvgIpc) is 2.28. The molecule has 1 amide bonds. The minimum absolute atomic E-state index is 0.412. The van der Waals surface area contributed by atoms with E-state index in [0.717, 1.165) is 0 Å². The van der Waals surface area contributed by atoms with Crippen LogP contribution in [-0.4, -0.2) is 41.2 Å². The number of hydrogen-bond acceptors (Lipinski definition) is 3. The van der Waals surface area contributed by atoms with Crippen molar-refractivity contribution in [1.82, 2.24) is 9.81 Å². The van der Waals surface area contributed by atoms with Crippen LogP contribution in [0.15, 0.2) is 5.11 Å². The van der Waals surface area contributed by atoms with E-state index in [0.29, 0.717) is 4.90 Å². The number of hydrogen-bond donors (Lipinski definition) is 2. The molecule has 1 rings (SSSR count). The molecular formula is C5H7F2N4O2+. The zero-order valence-corrected chi connectivity index (χ0v) is 6.44. The molecule has 13 heavy (non-hydrogen) atoms. The molecule has 8 heteroatoms. The van der Waals surface area contributed by atoms with Gasteiger partial charge >= 0.3 is 6.09 Å². The van der Waals surface area contributed by atoms with E-state index >= 15 is 0 Å². The van der Waals surface area contributed by atoms with Crippen LogP contribution < -0.4 is 4.91 Å². The molecule has 2 N–H and O–H groups in total. The Labute approximate surface area is 71.4 Å². The number of amides is 1. The summed E-state index contributed by atoms with van der Waals surface area (Å²) in [5, 5.41) is 11.4. The van der Waals surface area contributed by atoms with Gasteiger partial charge in [0.15, 0.2) is 0 Å². The lowest BCUT2D eigenvalue weighted by atomic mass is 10.2. The van der Waals surface area contributed by atoms with Gasteiger partial charge in [0.2, 0.25) is 11.0 Å². The Balaban J connectivity index is 2.79. The first-order valence-corrected chi connectivity index (χ1v) is 3.39. The fraction of sp³-hybridized carbons (Fsp3) is 0.800. The second-order valence-electron chi connectivity index (χ2n) is 2.66. The molecule has 0 spiro atoms. The molecule has 1 atom stereocenters. The summed E-state index contributed by atoms with van der Waals surface area (Å²) < 4.78 is 25.7. The summed E-state index contributed by atoms with van der Waals surface area (Å²) in [5.74, 6) is -3.22. The minimum Gasteiger partial charge on any atom is -0.465 e. The van der Waals surface area contributed by atoms with Gasteiger partial charge in [-0.25, -0.2) is 13.6 Å². The average molecular weight is 193 g/mol. The summed E-state index contributed by atoms with van der Waals surface area (Å²) >= 11 is 0. The van der Waals surface area contributed by atoms with Gasteiger partial charge in [-0.2, -0.15) is 0 Å². The highest BCUT2D eigenvalue weighted by Gasteiger charge is 2.53. The van der Waals surface area contributed by atoms with Crippen molar-refractivity contribution in [2.75, 3.05) is 13.1 Å². The second kappa shape index (κ2) is 3.06. The van der Waals surface area contributed by atoms with E-state index in [2.05, 4.69) is 10.0 Å². The van der Waals surface area contributed by atoms with Gasteiger partial charge in [0.1, 0.15) is 10.6 Å². The molecular weight excluding hydrogens is 186 g/mol. The Bertz CT molecular complexity index is 276. The van der Waals surface area contributed by atoms with Crippen LogP contribution >= 0.6 is 0 Å². The van der Waals surface area contributed by atoms with Gasteiger partial charge in [0.25, 0.3) is 5.92 Å². The van der Waals surface area contributed by atoms with E-state index in [4.69, 9.17) is 10.6 Å². The van der Waals surface area contributed by atoms with E-state index in [1.54, 1.807) is 0 Å². The minimum atomic E-state index is -3.22. The Morgan fingerprint density at radius 1 is 1.77 bits per heavy atom. The van der Waals surface area contributed by atoms with Crippen LogP contribution in [0.5, 0.6) is 0 Å². The molecule has 0 aliphatic carbocycles. The van der Waals surface area contributed by atoms with Crippen molar-refractivity contribution in [1.29, 1.82) is 5.53 Å². The van der Waals surface area contributed by atoms with Crippen molar-refractivity contribution in [2.45, 2.75) is 12.0 Å². The number of halogens is 2. The highest BCUT2D eigenvalue weighted by molar-refractivity contribution is 5.65. The van der Waals surface area contributed by atoms with E-state index < -0.39 is 31.1 Å². The lowest BCUT2D eigenvalue weighted by molar-refractivity contribution is -0.00145. The number of carboxylic acid groups (broad SMARTS) is 1. The quantitative estimate of drug-likeness (QED) is 0.469. The number of rotatable bonds is 1. The summed E-state index contributed by atoms with van der Waals surface area (Å²) in [6, 6.07) is -1.53. The van der Waals surface area contributed by atoms with Crippen LogP contribution in [0.3, 0.4) is 0 Å². The smallest absolute Gasteiger partial charge is 0.407 e. The summed E-state index contributed by atoms with van der Waals surface area (Å²) in [5.41, 5.74) is 6.28. The molecule has 1 unspecified atom stereocenters. The molecule has 0 aromatic heterocycles. The summed E-state index contributed by atoms with van der Waals surface area (Å²) in [4.78, 5) is 13.4. The van der Waals surface area contributed by atoms with Gasteiger partial charge in [-0.15, -0.1) is 0 Å². The standard InChI is InChI=1S/C5H6F2N4O2/c6-5(7)2-11(4(12)13)1-3(5)9-10-8/h3,8H,1-2H2/p+1. The third kappa shape index (κ3) is 1.78. The molecule has 0 bridgehead atoms. The third-order valence-electron chi connectivity index (χ3n) is 1.75. The van der Waals surface area contributed by atoms with Gasteiger partial charge < -0.3 is 5.11 Å². The van der Waals surface area contributed by atoms with E-state index in [-0.39, 0.29) is 0 Å². The summed E-state index contributed by atoms with van der Waals surface area (Å²) in [7, 11) is 0. The highest BCUT2D eigenvalue weighted by atomic mass is 19.3. The maximum atomic E-state index is 12.9. The van der Waals surface area contributed by atoms with Gasteiger partial charge in [0.05, 0.1) is 13.1 Å². The van der Waals surface area contributed by atoms with E-state index in [9.17, 15) is 13.6 Å². The van der Waals surface area contributed by atoms with E-state index in [1.165, 1.54) is 0 Å². The number of carbonyl (C=O) groups is 1. The molecule has 72 valence electrons. The predicted octanol–water partition coefficient (Wildman–Crippen LogP) is 0.534. The van der Waals surface area contributed by atoms with Gasteiger partial charge in [-0.1, -0.05) is 0 Å². The molecule has 6 nitrogen and oxygen atoms in total. The van der Waals surface area contributed by atoms with Crippen molar-refractivity contribution in [3.63, 3.8) is 0 Å². The number of nitrogens with one attached hydrogen (secondary N) is 1. The molecule has 0 saturated carbocycles. The van der Waals surface area contributed by atoms with Crippen molar-refractivity contribution < 1.29 is 18.7 Å². The normalized spacial score (nSPS) is 25.4. The molecule has 0 radical (unpaired) electrons. The lowest BCUT2D eigenvalue weighted by Gasteiger charge is -2.09. The van der Waals surface area contributed by atoms with Gasteiger partial charge in [0, 0.05) is 0 Å². The summed E-state index contributed by atoms with van der Waals surface area (Å²) in [6.07, 6.45) is -1.41. The molecule has 0 aromatic rings. The lowest BCUT2D eigenvalue weighted by Crippen LogP contribution is -2.31. The Morgan fingerprint density at radius 3 is 2.77 bits per heavy atom. The molecule has 1 aliphatic heterocycles. The predicted molar refractivity (Wildman–Crippen MR) is 35.6 cm³/mol. The summed E-state index contributed by atoms with van der Waals surface area (Å²) in [6.45, 7) is -1.29.